The first kappa shape index (κ1) is 12.5. The van der Waals surface area contributed by atoms with E-state index in [2.05, 4.69) is 11.8 Å². The Balaban J connectivity index is 2.33. The highest BCUT2D eigenvalue weighted by atomic mass is 16.4. The fraction of sp³-hybridized carbons (Fsp3) is 0.909. The lowest BCUT2D eigenvalue weighted by molar-refractivity contribution is -0.137. The largest absolute Gasteiger partial charge is 0.481 e. The fourth-order valence-electron chi connectivity index (χ4n) is 1.99. The third kappa shape index (κ3) is 3.80. The molecule has 3 unspecified atom stereocenters. The van der Waals surface area contributed by atoms with Crippen LogP contribution in [0.25, 0.3) is 0 Å². The standard InChI is InChI=1S/C11H21NO3/c1-8-5-6-12(7-10(8)13)9(2)3-4-11(14)15/h8-10,13H,3-7H2,1-2H3,(H,14,15). The molecule has 0 bridgehead atoms. The van der Waals surface area contributed by atoms with Crippen LogP contribution in [0.3, 0.4) is 0 Å². The van der Waals surface area contributed by atoms with Crippen LogP contribution in [0.5, 0.6) is 0 Å². The molecule has 88 valence electrons. The first-order valence-electron chi connectivity index (χ1n) is 5.64. The van der Waals surface area contributed by atoms with Gasteiger partial charge in [-0.2, -0.15) is 0 Å². The number of carboxylic acid groups (broad SMARTS) is 1. The fourth-order valence-corrected chi connectivity index (χ4v) is 1.99. The molecule has 1 aliphatic heterocycles. The van der Waals surface area contributed by atoms with Gasteiger partial charge in [-0.15, -0.1) is 0 Å². The minimum Gasteiger partial charge on any atom is -0.481 e. The van der Waals surface area contributed by atoms with Crippen LogP contribution < -0.4 is 0 Å². The molecule has 0 amide bonds. The average Bonchev–Trinajstić information content (AvgIpc) is 2.18. The molecule has 0 aliphatic carbocycles. The first-order chi connectivity index (χ1) is 7.00. The zero-order chi connectivity index (χ0) is 11.4. The van der Waals surface area contributed by atoms with E-state index in [-0.39, 0.29) is 18.6 Å². The van der Waals surface area contributed by atoms with E-state index in [9.17, 15) is 9.90 Å². The van der Waals surface area contributed by atoms with Crippen LogP contribution in [0.1, 0.15) is 33.1 Å². The third-order valence-electron chi connectivity index (χ3n) is 3.35. The minimum absolute atomic E-state index is 0.212. The number of rotatable bonds is 4. The number of hydrogen-bond donors (Lipinski definition) is 2. The third-order valence-corrected chi connectivity index (χ3v) is 3.35. The van der Waals surface area contributed by atoms with Crippen LogP contribution in [0.2, 0.25) is 0 Å². The summed E-state index contributed by atoms with van der Waals surface area (Å²) in [5.41, 5.74) is 0. The van der Waals surface area contributed by atoms with Gasteiger partial charge in [-0.1, -0.05) is 6.92 Å². The molecule has 2 N–H and O–H groups in total. The van der Waals surface area contributed by atoms with Crippen molar-refractivity contribution in [3.05, 3.63) is 0 Å². The summed E-state index contributed by atoms with van der Waals surface area (Å²) in [7, 11) is 0. The predicted octanol–water partition coefficient (Wildman–Crippen LogP) is 0.942. The molecule has 1 aliphatic rings. The molecule has 3 atom stereocenters. The van der Waals surface area contributed by atoms with E-state index < -0.39 is 5.97 Å². The van der Waals surface area contributed by atoms with Gasteiger partial charge in [0.25, 0.3) is 0 Å². The number of carbonyl (C=O) groups is 1. The molecule has 0 spiro atoms. The Kier molecular flexibility index (Phi) is 4.54. The number of aliphatic carboxylic acids is 1. The lowest BCUT2D eigenvalue weighted by atomic mass is 9.94. The van der Waals surface area contributed by atoms with E-state index in [0.717, 1.165) is 13.0 Å². The lowest BCUT2D eigenvalue weighted by Gasteiger charge is -2.37. The van der Waals surface area contributed by atoms with Crippen molar-refractivity contribution in [3.63, 3.8) is 0 Å². The topological polar surface area (TPSA) is 60.8 Å². The molecule has 1 saturated heterocycles. The highest BCUT2D eigenvalue weighted by molar-refractivity contribution is 5.66. The van der Waals surface area contributed by atoms with Gasteiger partial charge in [0, 0.05) is 19.0 Å². The smallest absolute Gasteiger partial charge is 0.303 e. The maximum absolute atomic E-state index is 10.4. The second-order valence-corrected chi connectivity index (χ2v) is 4.61. The van der Waals surface area contributed by atoms with Crippen LogP contribution in [0, 0.1) is 5.92 Å². The maximum atomic E-state index is 10.4. The molecular formula is C11H21NO3. The minimum atomic E-state index is -0.743. The molecule has 1 fully saturated rings. The summed E-state index contributed by atoms with van der Waals surface area (Å²) in [5, 5.41) is 18.3. The Labute approximate surface area is 90.9 Å². The van der Waals surface area contributed by atoms with Gasteiger partial charge >= 0.3 is 5.97 Å². The molecular weight excluding hydrogens is 194 g/mol. The van der Waals surface area contributed by atoms with Gasteiger partial charge in [-0.3, -0.25) is 9.69 Å². The number of carboxylic acids is 1. The van der Waals surface area contributed by atoms with Crippen molar-refractivity contribution in [2.75, 3.05) is 13.1 Å². The highest BCUT2D eigenvalue weighted by Crippen LogP contribution is 2.20. The van der Waals surface area contributed by atoms with Crippen molar-refractivity contribution in [1.29, 1.82) is 0 Å². The van der Waals surface area contributed by atoms with Crippen molar-refractivity contribution in [1.82, 2.24) is 4.90 Å². The summed E-state index contributed by atoms with van der Waals surface area (Å²) in [6, 6.07) is 0.253. The van der Waals surface area contributed by atoms with Crippen LogP contribution in [-0.4, -0.2) is 46.3 Å². The Morgan fingerprint density at radius 2 is 2.27 bits per heavy atom. The Bertz CT molecular complexity index is 220. The van der Waals surface area contributed by atoms with Crippen molar-refractivity contribution in [3.8, 4) is 0 Å². The number of piperidine rings is 1. The van der Waals surface area contributed by atoms with Gasteiger partial charge in [-0.25, -0.2) is 0 Å². The lowest BCUT2D eigenvalue weighted by Crippen LogP contribution is -2.46. The molecule has 15 heavy (non-hydrogen) atoms. The van der Waals surface area contributed by atoms with Crippen LogP contribution >= 0.6 is 0 Å². The SMILES string of the molecule is CC1CCN(C(C)CCC(=O)O)CC1O. The predicted molar refractivity (Wildman–Crippen MR) is 57.7 cm³/mol. The number of β-amino-alcohol motifs (C(OH)–C–C–N with tert-alkyl or cyclic N) is 1. The van der Waals surface area contributed by atoms with E-state index in [0.29, 0.717) is 18.9 Å². The van der Waals surface area contributed by atoms with Gasteiger partial charge in [0.1, 0.15) is 0 Å². The Morgan fingerprint density at radius 1 is 1.60 bits per heavy atom. The second-order valence-electron chi connectivity index (χ2n) is 4.61. The molecule has 0 saturated carbocycles. The first-order valence-corrected chi connectivity index (χ1v) is 5.64. The maximum Gasteiger partial charge on any atom is 0.303 e. The molecule has 0 radical (unpaired) electrons. The second kappa shape index (κ2) is 5.47. The van der Waals surface area contributed by atoms with Gasteiger partial charge in [0.15, 0.2) is 0 Å². The van der Waals surface area contributed by atoms with E-state index in [4.69, 9.17) is 5.11 Å². The molecule has 1 rings (SSSR count). The highest BCUT2D eigenvalue weighted by Gasteiger charge is 2.26. The van der Waals surface area contributed by atoms with Crippen molar-refractivity contribution >= 4 is 5.97 Å². The van der Waals surface area contributed by atoms with Crippen molar-refractivity contribution in [2.45, 2.75) is 45.3 Å². The number of hydrogen-bond acceptors (Lipinski definition) is 3. The normalized spacial score (nSPS) is 30.1. The molecule has 0 aromatic rings. The number of likely N-dealkylation sites (tertiary alicyclic amines) is 1. The zero-order valence-electron chi connectivity index (χ0n) is 9.52. The number of aliphatic hydroxyl groups excluding tert-OH is 1. The van der Waals surface area contributed by atoms with Gasteiger partial charge in [-0.05, 0) is 32.2 Å². The molecule has 0 aromatic carbocycles. The van der Waals surface area contributed by atoms with E-state index in [1.807, 2.05) is 6.92 Å². The zero-order valence-corrected chi connectivity index (χ0v) is 9.52. The summed E-state index contributed by atoms with van der Waals surface area (Å²) < 4.78 is 0. The summed E-state index contributed by atoms with van der Waals surface area (Å²) in [6.45, 7) is 5.75. The van der Waals surface area contributed by atoms with Crippen LogP contribution in [0.15, 0.2) is 0 Å². The summed E-state index contributed by atoms with van der Waals surface area (Å²) in [5.74, 6) is -0.374. The summed E-state index contributed by atoms with van der Waals surface area (Å²) in [6.07, 6.45) is 1.62. The van der Waals surface area contributed by atoms with Gasteiger partial charge in [0.05, 0.1) is 6.10 Å². The van der Waals surface area contributed by atoms with Crippen molar-refractivity contribution < 1.29 is 15.0 Å². The van der Waals surface area contributed by atoms with Crippen LogP contribution in [0.4, 0.5) is 0 Å². The van der Waals surface area contributed by atoms with Crippen molar-refractivity contribution in [2.24, 2.45) is 5.92 Å². The number of nitrogens with zero attached hydrogens (tertiary/aromatic N) is 1. The van der Waals surface area contributed by atoms with Gasteiger partial charge in [0.2, 0.25) is 0 Å². The summed E-state index contributed by atoms with van der Waals surface area (Å²) in [4.78, 5) is 12.6. The van der Waals surface area contributed by atoms with E-state index >= 15 is 0 Å². The summed E-state index contributed by atoms with van der Waals surface area (Å²) >= 11 is 0. The van der Waals surface area contributed by atoms with E-state index in [1.54, 1.807) is 0 Å². The monoisotopic (exact) mass is 215 g/mol. The molecule has 4 heteroatoms. The van der Waals surface area contributed by atoms with Crippen LogP contribution in [-0.2, 0) is 4.79 Å². The Hall–Kier alpha value is -0.610. The van der Waals surface area contributed by atoms with Gasteiger partial charge < -0.3 is 10.2 Å². The van der Waals surface area contributed by atoms with E-state index in [1.165, 1.54) is 0 Å². The quantitative estimate of drug-likeness (QED) is 0.732. The molecule has 0 aromatic heterocycles. The Morgan fingerprint density at radius 3 is 2.80 bits per heavy atom. The average molecular weight is 215 g/mol. The number of aliphatic hydroxyl groups is 1. The molecule has 4 nitrogen and oxygen atoms in total. The molecule has 1 heterocycles.